The first-order valence-corrected chi connectivity index (χ1v) is 7.24. The molecule has 0 saturated heterocycles. The van der Waals surface area contributed by atoms with E-state index in [0.717, 1.165) is 16.8 Å². The molecule has 0 unspecified atom stereocenters. The molecule has 0 heterocycles. The Morgan fingerprint density at radius 2 is 1.70 bits per heavy atom. The van der Waals surface area contributed by atoms with Crippen molar-refractivity contribution in [2.45, 2.75) is 20.8 Å². The lowest BCUT2D eigenvalue weighted by molar-refractivity contribution is -0.385. The van der Waals surface area contributed by atoms with Crippen molar-refractivity contribution in [1.82, 2.24) is 0 Å². The number of nitrogens with one attached hydrogen (secondary N) is 2. The van der Waals surface area contributed by atoms with Gasteiger partial charge in [0.1, 0.15) is 0 Å². The number of carbonyl (C=O) groups is 1. The van der Waals surface area contributed by atoms with Gasteiger partial charge in [-0.25, -0.2) is 0 Å². The summed E-state index contributed by atoms with van der Waals surface area (Å²) in [6.45, 7) is 5.56. The average Bonchev–Trinajstić information content (AvgIpc) is 2.50. The van der Waals surface area contributed by atoms with E-state index in [1.165, 1.54) is 6.07 Å². The van der Waals surface area contributed by atoms with E-state index in [4.69, 9.17) is 0 Å². The van der Waals surface area contributed by atoms with E-state index in [1.54, 1.807) is 19.1 Å². The zero-order valence-corrected chi connectivity index (χ0v) is 13.3. The van der Waals surface area contributed by atoms with Gasteiger partial charge in [-0.2, -0.15) is 0 Å². The summed E-state index contributed by atoms with van der Waals surface area (Å²) in [5.41, 5.74) is 3.91. The maximum atomic E-state index is 12.1. The largest absolute Gasteiger partial charge is 0.376 e. The minimum Gasteiger partial charge on any atom is -0.376 e. The number of hydrogen-bond acceptors (Lipinski definition) is 4. The Bertz CT molecular complexity index is 736. The van der Waals surface area contributed by atoms with Crippen molar-refractivity contribution in [2.75, 3.05) is 17.2 Å². The topological polar surface area (TPSA) is 84.3 Å². The first kappa shape index (κ1) is 16.5. The van der Waals surface area contributed by atoms with Gasteiger partial charge in [0, 0.05) is 23.0 Å². The Hall–Kier alpha value is -2.89. The summed E-state index contributed by atoms with van der Waals surface area (Å²) in [5.74, 6) is -0.201. The molecule has 2 rings (SSSR count). The van der Waals surface area contributed by atoms with Crippen LogP contribution in [0.5, 0.6) is 0 Å². The predicted octanol–water partition coefficient (Wildman–Crippen LogP) is 3.57. The van der Waals surface area contributed by atoms with E-state index in [2.05, 4.69) is 10.6 Å². The monoisotopic (exact) mass is 313 g/mol. The van der Waals surface area contributed by atoms with Crippen molar-refractivity contribution < 1.29 is 9.72 Å². The summed E-state index contributed by atoms with van der Waals surface area (Å²) in [6, 6.07) is 10.6. The molecule has 0 aromatic heterocycles. The Labute approximate surface area is 134 Å². The third kappa shape index (κ3) is 3.85. The Morgan fingerprint density at radius 3 is 2.30 bits per heavy atom. The number of nitro groups is 1. The second-order valence-corrected chi connectivity index (χ2v) is 5.38. The number of para-hydroxylation sites is 1. The number of nitrogens with zero attached hydrogens (tertiary/aromatic N) is 1. The Morgan fingerprint density at radius 1 is 1.09 bits per heavy atom. The van der Waals surface area contributed by atoms with Crippen LogP contribution in [-0.2, 0) is 4.79 Å². The zero-order chi connectivity index (χ0) is 17.0. The van der Waals surface area contributed by atoms with Crippen LogP contribution in [0, 0.1) is 30.9 Å². The Balaban J connectivity index is 2.06. The molecule has 120 valence electrons. The van der Waals surface area contributed by atoms with E-state index in [-0.39, 0.29) is 18.1 Å². The van der Waals surface area contributed by atoms with Gasteiger partial charge in [0.25, 0.3) is 5.69 Å². The smallest absolute Gasteiger partial charge is 0.274 e. The molecular weight excluding hydrogens is 294 g/mol. The molecule has 0 radical (unpaired) electrons. The number of anilines is 2. The molecule has 0 aliphatic heterocycles. The highest BCUT2D eigenvalue weighted by atomic mass is 16.6. The van der Waals surface area contributed by atoms with Crippen molar-refractivity contribution in [3.63, 3.8) is 0 Å². The summed E-state index contributed by atoms with van der Waals surface area (Å²) < 4.78 is 0. The van der Waals surface area contributed by atoms with Crippen molar-refractivity contribution >= 4 is 23.0 Å². The summed E-state index contributed by atoms with van der Waals surface area (Å²) in [7, 11) is 0. The van der Waals surface area contributed by atoms with E-state index in [1.807, 2.05) is 32.0 Å². The van der Waals surface area contributed by atoms with Crippen molar-refractivity contribution in [2.24, 2.45) is 0 Å². The normalized spacial score (nSPS) is 10.2. The van der Waals surface area contributed by atoms with Crippen molar-refractivity contribution in [1.29, 1.82) is 0 Å². The second kappa shape index (κ2) is 6.91. The molecule has 0 spiro atoms. The van der Waals surface area contributed by atoms with Crippen LogP contribution in [0.3, 0.4) is 0 Å². The van der Waals surface area contributed by atoms with Crippen LogP contribution < -0.4 is 10.6 Å². The van der Waals surface area contributed by atoms with Crippen molar-refractivity contribution in [3.05, 3.63) is 63.2 Å². The number of benzene rings is 2. The number of nitro benzene ring substituents is 1. The maximum absolute atomic E-state index is 12.1. The summed E-state index contributed by atoms with van der Waals surface area (Å²) in [5, 5.41) is 16.7. The molecule has 0 aliphatic rings. The minimum absolute atomic E-state index is 0.0326. The number of rotatable bonds is 5. The van der Waals surface area contributed by atoms with Gasteiger partial charge in [-0.1, -0.05) is 24.3 Å². The summed E-state index contributed by atoms with van der Waals surface area (Å²) >= 11 is 0. The average molecular weight is 313 g/mol. The lowest BCUT2D eigenvalue weighted by Gasteiger charge is -2.13. The minimum atomic E-state index is -0.433. The fourth-order valence-corrected chi connectivity index (χ4v) is 2.38. The van der Waals surface area contributed by atoms with Crippen LogP contribution in [0.4, 0.5) is 17.1 Å². The molecule has 0 fully saturated rings. The van der Waals surface area contributed by atoms with Crippen LogP contribution in [0.2, 0.25) is 0 Å². The van der Waals surface area contributed by atoms with Crippen LogP contribution in [-0.4, -0.2) is 17.4 Å². The van der Waals surface area contributed by atoms with Crippen LogP contribution >= 0.6 is 0 Å². The lowest BCUT2D eigenvalue weighted by Crippen LogP contribution is -2.23. The molecule has 0 bridgehead atoms. The Kier molecular flexibility index (Phi) is 4.95. The van der Waals surface area contributed by atoms with Gasteiger partial charge >= 0.3 is 0 Å². The molecule has 6 heteroatoms. The number of amides is 1. The van der Waals surface area contributed by atoms with E-state index in [9.17, 15) is 14.9 Å². The van der Waals surface area contributed by atoms with Crippen LogP contribution in [0.15, 0.2) is 36.4 Å². The maximum Gasteiger partial charge on any atom is 0.274 e. The van der Waals surface area contributed by atoms with Crippen LogP contribution in [0.1, 0.15) is 16.7 Å². The van der Waals surface area contributed by atoms with Gasteiger partial charge in [0.05, 0.1) is 11.5 Å². The van der Waals surface area contributed by atoms with Gasteiger partial charge in [0.15, 0.2) is 0 Å². The molecule has 2 N–H and O–H groups in total. The number of hydrogen-bond donors (Lipinski definition) is 2. The highest BCUT2D eigenvalue weighted by Crippen LogP contribution is 2.25. The SMILES string of the molecule is Cc1cccc(C)c1NC(=O)CNc1cccc([N+](=O)[O-])c1C. The van der Waals surface area contributed by atoms with Crippen molar-refractivity contribution in [3.8, 4) is 0 Å². The number of aryl methyl sites for hydroxylation is 2. The highest BCUT2D eigenvalue weighted by molar-refractivity contribution is 5.95. The fraction of sp³-hybridized carbons (Fsp3) is 0.235. The quantitative estimate of drug-likeness (QED) is 0.653. The van der Waals surface area contributed by atoms with Gasteiger partial charge in [-0.05, 0) is 38.0 Å². The lowest BCUT2D eigenvalue weighted by atomic mass is 10.1. The molecular formula is C17H19N3O3. The third-order valence-corrected chi connectivity index (χ3v) is 3.69. The summed E-state index contributed by atoms with van der Waals surface area (Å²) in [4.78, 5) is 22.6. The molecule has 6 nitrogen and oxygen atoms in total. The summed E-state index contributed by atoms with van der Waals surface area (Å²) in [6.07, 6.45) is 0. The van der Waals surface area contributed by atoms with Gasteiger partial charge < -0.3 is 10.6 Å². The number of carbonyl (C=O) groups excluding carboxylic acids is 1. The van der Waals surface area contributed by atoms with E-state index < -0.39 is 4.92 Å². The molecule has 0 aliphatic carbocycles. The van der Waals surface area contributed by atoms with Crippen LogP contribution in [0.25, 0.3) is 0 Å². The molecule has 2 aromatic carbocycles. The van der Waals surface area contributed by atoms with Gasteiger partial charge in [-0.15, -0.1) is 0 Å². The second-order valence-electron chi connectivity index (χ2n) is 5.38. The molecule has 1 amide bonds. The molecule has 2 aromatic rings. The first-order chi connectivity index (χ1) is 10.9. The standard InChI is InChI=1S/C17H19N3O3/c1-11-6-4-7-12(2)17(11)19-16(21)10-18-14-8-5-9-15(13(14)3)20(22)23/h4-9,18H,10H2,1-3H3,(H,19,21). The van der Waals surface area contributed by atoms with Gasteiger partial charge in [0.2, 0.25) is 5.91 Å². The molecule has 0 saturated carbocycles. The van der Waals surface area contributed by atoms with E-state index in [0.29, 0.717) is 11.3 Å². The first-order valence-electron chi connectivity index (χ1n) is 7.24. The highest BCUT2D eigenvalue weighted by Gasteiger charge is 2.14. The third-order valence-electron chi connectivity index (χ3n) is 3.69. The van der Waals surface area contributed by atoms with Gasteiger partial charge in [-0.3, -0.25) is 14.9 Å². The predicted molar refractivity (Wildman–Crippen MR) is 90.9 cm³/mol. The molecule has 0 atom stereocenters. The van der Waals surface area contributed by atoms with E-state index >= 15 is 0 Å². The fourth-order valence-electron chi connectivity index (χ4n) is 2.38. The zero-order valence-electron chi connectivity index (χ0n) is 13.3. The molecule has 23 heavy (non-hydrogen) atoms.